The number of ether oxygens (including phenoxy) is 2. The Morgan fingerprint density at radius 3 is 2.57 bits per heavy atom. The molecular formula is C22H20ClNO5S. The second kappa shape index (κ2) is 9.73. The number of thioether (sulfide) groups is 1. The van der Waals surface area contributed by atoms with Crippen molar-refractivity contribution in [3.05, 3.63) is 69.3 Å². The molecule has 1 heterocycles. The summed E-state index contributed by atoms with van der Waals surface area (Å²) in [5, 5.41) is 21.2. The lowest BCUT2D eigenvalue weighted by Crippen LogP contribution is -2.12. The van der Waals surface area contributed by atoms with Gasteiger partial charge in [-0.3, -0.25) is 0 Å². The lowest BCUT2D eigenvalue weighted by Gasteiger charge is -2.09. The molecule has 8 heteroatoms. The van der Waals surface area contributed by atoms with Crippen LogP contribution >= 0.6 is 23.4 Å². The molecule has 0 saturated carbocycles. The van der Waals surface area contributed by atoms with Crippen molar-refractivity contribution < 1.29 is 24.5 Å². The van der Waals surface area contributed by atoms with Gasteiger partial charge >= 0.3 is 5.97 Å². The van der Waals surface area contributed by atoms with Crippen molar-refractivity contribution >= 4 is 46.1 Å². The molecule has 0 spiro atoms. The van der Waals surface area contributed by atoms with Crippen LogP contribution in [0.1, 0.15) is 19.4 Å². The number of aromatic hydroxyl groups is 1. The predicted molar refractivity (Wildman–Crippen MR) is 120 cm³/mol. The molecule has 30 heavy (non-hydrogen) atoms. The predicted octanol–water partition coefficient (Wildman–Crippen LogP) is 5.64. The number of carbonyl (C=O) groups is 1. The fraction of sp³-hybridized carbons (Fsp3) is 0.182. The minimum atomic E-state index is -0.653. The van der Waals surface area contributed by atoms with Crippen molar-refractivity contribution in [3.63, 3.8) is 0 Å². The third-order valence-corrected chi connectivity index (χ3v) is 5.31. The lowest BCUT2D eigenvalue weighted by molar-refractivity contribution is -0.138. The fourth-order valence-electron chi connectivity index (χ4n) is 2.71. The number of rotatable bonds is 6. The molecule has 156 valence electrons. The van der Waals surface area contributed by atoms with Gasteiger partial charge in [-0.2, -0.15) is 0 Å². The zero-order valence-electron chi connectivity index (χ0n) is 16.4. The average Bonchev–Trinajstić information content (AvgIpc) is 3.01. The quantitative estimate of drug-likeness (QED) is 0.559. The smallest absolute Gasteiger partial charge is 0.344 e. The molecule has 1 aliphatic rings. The van der Waals surface area contributed by atoms with E-state index in [0.29, 0.717) is 27.8 Å². The number of aliphatic imine (C=N–C) groups is 1. The summed E-state index contributed by atoms with van der Waals surface area (Å²) < 4.78 is 10.5. The molecule has 0 unspecified atom stereocenters. The maximum atomic E-state index is 12.5. The summed E-state index contributed by atoms with van der Waals surface area (Å²) in [6, 6.07) is 12.2. The SMILES string of the molecule is CCOC(=O)C1=C(O)/C(=C/c2cc(Cl)c(O)c(OCC)c2)SC1=Nc1ccccc1. The summed E-state index contributed by atoms with van der Waals surface area (Å²) >= 11 is 7.23. The highest BCUT2D eigenvalue weighted by atomic mass is 35.5. The number of hydrogen-bond donors (Lipinski definition) is 2. The van der Waals surface area contributed by atoms with Gasteiger partial charge in [-0.05, 0) is 49.8 Å². The molecule has 1 aliphatic heterocycles. The van der Waals surface area contributed by atoms with E-state index in [2.05, 4.69) is 4.99 Å². The van der Waals surface area contributed by atoms with Crippen LogP contribution < -0.4 is 4.74 Å². The van der Waals surface area contributed by atoms with Crippen LogP contribution in [0.15, 0.2) is 63.7 Å². The largest absolute Gasteiger partial charge is 0.506 e. The van der Waals surface area contributed by atoms with E-state index in [-0.39, 0.29) is 34.5 Å². The zero-order chi connectivity index (χ0) is 21.7. The van der Waals surface area contributed by atoms with Crippen LogP contribution in [0, 0.1) is 0 Å². The number of phenolic OH excluding ortho intramolecular Hbond substituents is 1. The van der Waals surface area contributed by atoms with Gasteiger partial charge in [0, 0.05) is 0 Å². The van der Waals surface area contributed by atoms with Crippen molar-refractivity contribution in [2.45, 2.75) is 13.8 Å². The number of phenols is 1. The molecule has 3 rings (SSSR count). The Kier molecular flexibility index (Phi) is 7.07. The molecule has 0 aromatic heterocycles. The summed E-state index contributed by atoms with van der Waals surface area (Å²) in [7, 11) is 0. The van der Waals surface area contributed by atoms with E-state index in [1.807, 2.05) is 18.2 Å². The number of carbonyl (C=O) groups excluding carboxylic acids is 1. The zero-order valence-corrected chi connectivity index (χ0v) is 18.0. The number of esters is 1. The van der Waals surface area contributed by atoms with E-state index in [1.54, 1.807) is 38.1 Å². The Morgan fingerprint density at radius 1 is 1.17 bits per heavy atom. The first-order valence-electron chi connectivity index (χ1n) is 9.24. The molecule has 0 amide bonds. The van der Waals surface area contributed by atoms with Crippen molar-refractivity contribution in [3.8, 4) is 11.5 Å². The van der Waals surface area contributed by atoms with Crippen LogP contribution in [0.5, 0.6) is 11.5 Å². The molecule has 0 saturated heterocycles. The van der Waals surface area contributed by atoms with Gasteiger partial charge in [-0.15, -0.1) is 0 Å². The van der Waals surface area contributed by atoms with Crippen LogP contribution in [-0.2, 0) is 9.53 Å². The van der Waals surface area contributed by atoms with Crippen LogP contribution in [-0.4, -0.2) is 34.4 Å². The van der Waals surface area contributed by atoms with Gasteiger partial charge in [0.15, 0.2) is 11.5 Å². The van der Waals surface area contributed by atoms with Crippen molar-refractivity contribution in [2.24, 2.45) is 4.99 Å². The Labute approximate surface area is 183 Å². The van der Waals surface area contributed by atoms with Gasteiger partial charge in [-0.1, -0.05) is 41.6 Å². The van der Waals surface area contributed by atoms with Crippen LogP contribution in [0.25, 0.3) is 6.08 Å². The molecule has 6 nitrogen and oxygen atoms in total. The molecule has 0 fully saturated rings. The summed E-state index contributed by atoms with van der Waals surface area (Å²) in [4.78, 5) is 17.3. The first-order valence-corrected chi connectivity index (χ1v) is 10.4. The minimum absolute atomic E-state index is 0.00635. The topological polar surface area (TPSA) is 88.4 Å². The van der Waals surface area contributed by atoms with Gasteiger partial charge in [0.25, 0.3) is 0 Å². The summed E-state index contributed by atoms with van der Waals surface area (Å²) in [6.45, 7) is 4.00. The van der Waals surface area contributed by atoms with E-state index in [1.165, 1.54) is 6.07 Å². The number of halogens is 1. The first kappa shape index (κ1) is 21.8. The third kappa shape index (κ3) is 4.80. The number of para-hydroxylation sites is 1. The molecule has 2 aromatic carbocycles. The maximum Gasteiger partial charge on any atom is 0.344 e. The molecule has 0 radical (unpaired) electrons. The standard InChI is InChI=1S/C22H20ClNO5S/c1-3-28-16-11-13(10-15(23)19(16)25)12-17-20(26)18(22(27)29-4-2)21(30-17)24-14-8-6-5-7-9-14/h5-12,25-26H,3-4H2,1-2H3/b17-12-,24-21?. The van der Waals surface area contributed by atoms with Gasteiger partial charge in [-0.25, -0.2) is 9.79 Å². The molecule has 0 bridgehead atoms. The second-order valence-electron chi connectivity index (χ2n) is 6.09. The Morgan fingerprint density at radius 2 is 1.90 bits per heavy atom. The first-order chi connectivity index (χ1) is 14.4. The Balaban J connectivity index is 2.06. The number of nitrogens with zero attached hydrogens (tertiary/aromatic N) is 1. The third-order valence-electron chi connectivity index (χ3n) is 4.01. The molecule has 0 atom stereocenters. The fourth-order valence-corrected chi connectivity index (χ4v) is 3.96. The number of aliphatic hydroxyl groups excluding tert-OH is 1. The van der Waals surface area contributed by atoms with Gasteiger partial charge < -0.3 is 19.7 Å². The number of benzene rings is 2. The van der Waals surface area contributed by atoms with Crippen LogP contribution in [0.2, 0.25) is 5.02 Å². The molecular weight excluding hydrogens is 426 g/mol. The normalized spacial score (nSPS) is 16.4. The van der Waals surface area contributed by atoms with E-state index in [0.717, 1.165) is 11.8 Å². The minimum Gasteiger partial charge on any atom is -0.506 e. The lowest BCUT2D eigenvalue weighted by atomic mass is 10.1. The van der Waals surface area contributed by atoms with Crippen molar-refractivity contribution in [1.29, 1.82) is 0 Å². The highest BCUT2D eigenvalue weighted by Crippen LogP contribution is 2.42. The Bertz CT molecular complexity index is 1050. The molecule has 2 N–H and O–H groups in total. The van der Waals surface area contributed by atoms with Gasteiger partial charge in [0.2, 0.25) is 0 Å². The molecule has 2 aromatic rings. The highest BCUT2D eigenvalue weighted by molar-refractivity contribution is 8.18. The van der Waals surface area contributed by atoms with Crippen molar-refractivity contribution in [1.82, 2.24) is 0 Å². The Hall–Kier alpha value is -2.90. The average molecular weight is 446 g/mol. The number of hydrogen-bond acceptors (Lipinski definition) is 7. The second-order valence-corrected chi connectivity index (χ2v) is 7.53. The maximum absolute atomic E-state index is 12.5. The van der Waals surface area contributed by atoms with E-state index in [9.17, 15) is 15.0 Å². The summed E-state index contributed by atoms with van der Waals surface area (Å²) in [5.41, 5.74) is 1.23. The molecule has 0 aliphatic carbocycles. The van der Waals surface area contributed by atoms with Crippen LogP contribution in [0.3, 0.4) is 0 Å². The monoisotopic (exact) mass is 445 g/mol. The summed E-state index contributed by atoms with van der Waals surface area (Å²) in [6.07, 6.45) is 1.64. The van der Waals surface area contributed by atoms with E-state index < -0.39 is 5.97 Å². The highest BCUT2D eigenvalue weighted by Gasteiger charge is 2.33. The van der Waals surface area contributed by atoms with E-state index >= 15 is 0 Å². The van der Waals surface area contributed by atoms with E-state index in [4.69, 9.17) is 21.1 Å². The number of aliphatic hydroxyl groups is 1. The van der Waals surface area contributed by atoms with Gasteiger partial charge in [0.05, 0.1) is 28.8 Å². The summed E-state index contributed by atoms with van der Waals surface area (Å²) in [5.74, 6) is -0.806. The van der Waals surface area contributed by atoms with Crippen LogP contribution in [0.4, 0.5) is 5.69 Å². The van der Waals surface area contributed by atoms with Gasteiger partial charge in [0.1, 0.15) is 16.4 Å². The van der Waals surface area contributed by atoms with Crippen molar-refractivity contribution in [2.75, 3.05) is 13.2 Å².